The third-order valence-electron chi connectivity index (χ3n) is 1.84. The zero-order chi connectivity index (χ0) is 11.3. The zero-order valence-corrected chi connectivity index (χ0v) is 8.41. The maximum Gasteiger partial charge on any atom is 0.342 e. The molecule has 0 fully saturated rings. The fraction of sp³-hybridized carbons (Fsp3) is 0.625. The Labute approximate surface area is 85.6 Å². The Morgan fingerprint density at radius 3 is 2.87 bits per heavy atom. The molecule has 1 unspecified atom stereocenters. The highest BCUT2D eigenvalue weighted by Crippen LogP contribution is 1.96. The van der Waals surface area contributed by atoms with Crippen molar-refractivity contribution in [3.8, 4) is 0 Å². The Bertz CT molecular complexity index is 411. The lowest BCUT2D eigenvalue weighted by atomic mass is 10.2. The number of H-pyrrole nitrogens is 2. The van der Waals surface area contributed by atoms with Crippen molar-refractivity contribution in [1.82, 2.24) is 15.2 Å². The van der Waals surface area contributed by atoms with Crippen molar-refractivity contribution in [2.75, 3.05) is 11.9 Å². The average Bonchev–Trinajstić information content (AvgIpc) is 2.17. The number of aromatic nitrogens is 3. The molecule has 0 aromatic carbocycles. The van der Waals surface area contributed by atoms with Crippen LogP contribution < -0.4 is 16.6 Å². The molecule has 15 heavy (non-hydrogen) atoms. The van der Waals surface area contributed by atoms with E-state index in [2.05, 4.69) is 15.5 Å². The van der Waals surface area contributed by atoms with Gasteiger partial charge in [-0.3, -0.25) is 9.78 Å². The molecule has 7 heteroatoms. The van der Waals surface area contributed by atoms with Gasteiger partial charge in [0.05, 0.1) is 6.10 Å². The summed E-state index contributed by atoms with van der Waals surface area (Å²) in [6.45, 7) is 2.18. The van der Waals surface area contributed by atoms with Crippen LogP contribution in [0.2, 0.25) is 0 Å². The lowest BCUT2D eigenvalue weighted by molar-refractivity contribution is 0.176. The van der Waals surface area contributed by atoms with Gasteiger partial charge in [0.2, 0.25) is 5.82 Å². The highest BCUT2D eigenvalue weighted by atomic mass is 16.3. The molecule has 0 saturated carbocycles. The summed E-state index contributed by atoms with van der Waals surface area (Å²) < 4.78 is 0. The molecule has 0 saturated heterocycles. The van der Waals surface area contributed by atoms with Crippen molar-refractivity contribution < 1.29 is 5.11 Å². The van der Waals surface area contributed by atoms with Crippen LogP contribution in [-0.4, -0.2) is 32.9 Å². The summed E-state index contributed by atoms with van der Waals surface area (Å²) in [5.41, 5.74) is -1.25. The van der Waals surface area contributed by atoms with Gasteiger partial charge in [0, 0.05) is 6.54 Å². The number of aliphatic hydroxyl groups is 1. The molecule has 1 atom stereocenters. The Kier molecular flexibility index (Phi) is 4.04. The Balaban J connectivity index is 2.58. The van der Waals surface area contributed by atoms with Gasteiger partial charge in [0.15, 0.2) is 0 Å². The number of anilines is 1. The lowest BCUT2D eigenvalue weighted by Crippen LogP contribution is -2.29. The molecule has 0 aliphatic carbocycles. The molecular weight excluding hydrogens is 200 g/mol. The predicted molar refractivity (Wildman–Crippen MR) is 54.9 cm³/mol. The first-order valence-corrected chi connectivity index (χ1v) is 4.74. The van der Waals surface area contributed by atoms with Crippen LogP contribution in [0.3, 0.4) is 0 Å². The molecule has 1 aromatic rings. The standard InChI is InChI=1S/C8H14N4O3/c1-2-3-5(13)4-9-6-7(14)10-8(15)12-11-6/h5,13H,2-4H2,1H3,(H,9,11)(H2,10,12,14,15). The lowest BCUT2D eigenvalue weighted by Gasteiger charge is -2.09. The molecule has 84 valence electrons. The third kappa shape index (κ3) is 3.55. The maximum absolute atomic E-state index is 11.1. The summed E-state index contributed by atoms with van der Waals surface area (Å²) in [4.78, 5) is 23.8. The van der Waals surface area contributed by atoms with Crippen LogP contribution in [-0.2, 0) is 0 Å². The minimum atomic E-state index is -0.653. The normalized spacial score (nSPS) is 12.4. The SMILES string of the molecule is CCCC(O)CNc1n[nH]c(=O)[nH]c1=O. The smallest absolute Gasteiger partial charge is 0.342 e. The van der Waals surface area contributed by atoms with Crippen LogP contribution in [0.5, 0.6) is 0 Å². The Morgan fingerprint density at radius 2 is 2.27 bits per heavy atom. The monoisotopic (exact) mass is 214 g/mol. The van der Waals surface area contributed by atoms with Crippen molar-refractivity contribution in [3.63, 3.8) is 0 Å². The minimum Gasteiger partial charge on any atom is -0.391 e. The summed E-state index contributed by atoms with van der Waals surface area (Å²) in [5.74, 6) is 0.00440. The minimum absolute atomic E-state index is 0.00440. The second-order valence-corrected chi connectivity index (χ2v) is 3.18. The fourth-order valence-electron chi connectivity index (χ4n) is 1.12. The number of rotatable bonds is 5. The van der Waals surface area contributed by atoms with Crippen molar-refractivity contribution >= 4 is 5.82 Å². The highest BCUT2D eigenvalue weighted by Gasteiger charge is 2.05. The zero-order valence-electron chi connectivity index (χ0n) is 8.41. The average molecular weight is 214 g/mol. The van der Waals surface area contributed by atoms with E-state index >= 15 is 0 Å². The molecule has 1 rings (SSSR count). The van der Waals surface area contributed by atoms with E-state index in [4.69, 9.17) is 0 Å². The van der Waals surface area contributed by atoms with Crippen LogP contribution in [0, 0.1) is 0 Å². The number of hydrogen-bond donors (Lipinski definition) is 4. The van der Waals surface area contributed by atoms with E-state index in [1.54, 1.807) is 0 Å². The van der Waals surface area contributed by atoms with Crippen molar-refractivity contribution in [3.05, 3.63) is 20.8 Å². The van der Waals surface area contributed by atoms with Gasteiger partial charge in [-0.25, -0.2) is 9.89 Å². The highest BCUT2D eigenvalue weighted by molar-refractivity contribution is 5.28. The van der Waals surface area contributed by atoms with Gasteiger partial charge in [0.25, 0.3) is 5.56 Å². The van der Waals surface area contributed by atoms with Gasteiger partial charge in [-0.1, -0.05) is 13.3 Å². The van der Waals surface area contributed by atoms with Crippen LogP contribution in [0.1, 0.15) is 19.8 Å². The van der Waals surface area contributed by atoms with E-state index in [-0.39, 0.29) is 12.4 Å². The molecule has 0 aliphatic rings. The number of hydrogen-bond acceptors (Lipinski definition) is 5. The van der Waals surface area contributed by atoms with E-state index in [1.165, 1.54) is 0 Å². The first kappa shape index (κ1) is 11.4. The third-order valence-corrected chi connectivity index (χ3v) is 1.84. The van der Waals surface area contributed by atoms with Crippen molar-refractivity contribution in [1.29, 1.82) is 0 Å². The molecule has 7 nitrogen and oxygen atoms in total. The fourth-order valence-corrected chi connectivity index (χ4v) is 1.12. The topological polar surface area (TPSA) is 111 Å². The summed E-state index contributed by atoms with van der Waals surface area (Å²) in [5, 5.41) is 17.6. The predicted octanol–water partition coefficient (Wildman–Crippen LogP) is -0.969. The maximum atomic E-state index is 11.1. The largest absolute Gasteiger partial charge is 0.391 e. The van der Waals surface area contributed by atoms with Gasteiger partial charge in [-0.05, 0) is 6.42 Å². The molecule has 4 N–H and O–H groups in total. The van der Waals surface area contributed by atoms with Crippen molar-refractivity contribution in [2.24, 2.45) is 0 Å². The van der Waals surface area contributed by atoms with Crippen LogP contribution >= 0.6 is 0 Å². The molecule has 0 aliphatic heterocycles. The van der Waals surface area contributed by atoms with E-state index in [1.807, 2.05) is 11.9 Å². The molecular formula is C8H14N4O3. The van der Waals surface area contributed by atoms with E-state index in [0.29, 0.717) is 6.42 Å². The van der Waals surface area contributed by atoms with Crippen LogP contribution in [0.4, 0.5) is 5.82 Å². The molecule has 0 spiro atoms. The summed E-state index contributed by atoms with van der Waals surface area (Å²) in [6.07, 6.45) is 0.982. The molecule has 0 radical (unpaired) electrons. The van der Waals surface area contributed by atoms with E-state index in [9.17, 15) is 14.7 Å². The quantitative estimate of drug-likeness (QED) is 0.504. The number of aromatic amines is 2. The van der Waals surface area contributed by atoms with E-state index in [0.717, 1.165) is 6.42 Å². The van der Waals surface area contributed by atoms with Crippen LogP contribution in [0.25, 0.3) is 0 Å². The summed E-state index contributed by atoms with van der Waals surface area (Å²) in [6, 6.07) is 0. The number of aliphatic hydroxyl groups excluding tert-OH is 1. The second kappa shape index (κ2) is 5.30. The molecule has 1 aromatic heterocycles. The van der Waals surface area contributed by atoms with Gasteiger partial charge < -0.3 is 10.4 Å². The van der Waals surface area contributed by atoms with Gasteiger partial charge in [0.1, 0.15) is 0 Å². The summed E-state index contributed by atoms with van der Waals surface area (Å²) in [7, 11) is 0. The summed E-state index contributed by atoms with van der Waals surface area (Å²) >= 11 is 0. The first-order valence-electron chi connectivity index (χ1n) is 4.74. The van der Waals surface area contributed by atoms with Crippen LogP contribution in [0.15, 0.2) is 9.59 Å². The van der Waals surface area contributed by atoms with Crippen molar-refractivity contribution in [2.45, 2.75) is 25.9 Å². The molecule has 0 bridgehead atoms. The van der Waals surface area contributed by atoms with Gasteiger partial charge in [-0.15, -0.1) is 5.10 Å². The second-order valence-electron chi connectivity index (χ2n) is 3.18. The molecule has 0 amide bonds. The number of nitrogens with zero attached hydrogens (tertiary/aromatic N) is 1. The van der Waals surface area contributed by atoms with E-state index < -0.39 is 17.4 Å². The molecule has 1 heterocycles. The Morgan fingerprint density at radius 1 is 1.53 bits per heavy atom. The number of nitrogens with one attached hydrogen (secondary N) is 3. The van der Waals surface area contributed by atoms with Gasteiger partial charge >= 0.3 is 5.69 Å². The first-order chi connectivity index (χ1) is 7.13. The Hall–Kier alpha value is -1.63. The van der Waals surface area contributed by atoms with Gasteiger partial charge in [-0.2, -0.15) is 0 Å².